The Hall–Kier alpha value is -2.84. The van der Waals surface area contributed by atoms with Gasteiger partial charge in [0, 0.05) is 18.5 Å². The maximum absolute atomic E-state index is 13.7. The molecular weight excluding hydrogens is 464 g/mol. The van der Waals surface area contributed by atoms with Crippen molar-refractivity contribution in [1.82, 2.24) is 19.4 Å². The van der Waals surface area contributed by atoms with Crippen molar-refractivity contribution >= 4 is 15.5 Å². The van der Waals surface area contributed by atoms with E-state index in [9.17, 15) is 43.5 Å². The Morgan fingerprint density at radius 2 is 1.65 bits per heavy atom. The van der Waals surface area contributed by atoms with E-state index < -0.39 is 55.7 Å². The number of hydrogen-bond acceptors (Lipinski definition) is 5. The molecule has 0 spiro atoms. The minimum Gasteiger partial charge on any atom is -0.290 e. The van der Waals surface area contributed by atoms with Crippen LogP contribution in [0.4, 0.5) is 35.1 Å². The first-order valence-electron chi connectivity index (χ1n) is 8.18. The van der Waals surface area contributed by atoms with Crippen LogP contribution in [0.3, 0.4) is 0 Å². The Morgan fingerprint density at radius 1 is 1.00 bits per heavy atom. The largest absolute Gasteiger partial charge is 0.458 e. The quantitative estimate of drug-likeness (QED) is 0.529. The van der Waals surface area contributed by atoms with Crippen LogP contribution < -0.4 is 0 Å². The fourth-order valence-electron chi connectivity index (χ4n) is 2.53. The first kappa shape index (κ1) is 22.8. The maximum Gasteiger partial charge on any atom is 0.458 e. The third kappa shape index (κ3) is 4.05. The van der Waals surface area contributed by atoms with Gasteiger partial charge >= 0.3 is 18.3 Å². The van der Waals surface area contributed by atoms with E-state index in [4.69, 9.17) is 0 Å². The summed E-state index contributed by atoms with van der Waals surface area (Å²) in [6, 6.07) is 0.682. The van der Waals surface area contributed by atoms with Gasteiger partial charge in [0.15, 0.2) is 9.84 Å². The van der Waals surface area contributed by atoms with E-state index >= 15 is 0 Å². The molecule has 0 aliphatic carbocycles. The van der Waals surface area contributed by atoms with Crippen molar-refractivity contribution in [3.05, 3.63) is 42.1 Å². The van der Waals surface area contributed by atoms with E-state index in [1.54, 1.807) is 0 Å². The second kappa shape index (κ2) is 7.10. The summed E-state index contributed by atoms with van der Waals surface area (Å²) in [5, 5.41) is 0. The lowest BCUT2D eigenvalue weighted by molar-refractivity contribution is -0.289. The van der Waals surface area contributed by atoms with Crippen molar-refractivity contribution in [2.24, 2.45) is 0 Å². The van der Waals surface area contributed by atoms with Gasteiger partial charge in [-0.3, -0.25) is 9.38 Å². The third-order valence-electron chi connectivity index (χ3n) is 4.17. The SMILES string of the molecule is CCS(=O)(=O)c1cc(C(F)(F)C(F)(F)F)cnc1-c1cn2cnc(C(F)(F)F)cc2n1. The number of imidazole rings is 1. The number of fused-ring (bicyclic) bond motifs is 1. The van der Waals surface area contributed by atoms with Gasteiger partial charge in [0.05, 0.1) is 16.2 Å². The molecule has 0 saturated carbocycles. The summed E-state index contributed by atoms with van der Waals surface area (Å²) in [4.78, 5) is 9.44. The molecule has 0 aliphatic rings. The van der Waals surface area contributed by atoms with Gasteiger partial charge in [-0.15, -0.1) is 0 Å². The smallest absolute Gasteiger partial charge is 0.290 e. The Bertz CT molecular complexity index is 1250. The van der Waals surface area contributed by atoms with Gasteiger partial charge in [-0.05, 0) is 6.07 Å². The molecule has 3 aromatic heterocycles. The zero-order valence-corrected chi connectivity index (χ0v) is 15.9. The molecule has 0 radical (unpaired) electrons. The van der Waals surface area contributed by atoms with Gasteiger partial charge in [0.25, 0.3) is 0 Å². The lowest BCUT2D eigenvalue weighted by Gasteiger charge is -2.20. The van der Waals surface area contributed by atoms with Crippen LogP contribution in [-0.4, -0.2) is 39.7 Å². The molecule has 0 aromatic carbocycles. The van der Waals surface area contributed by atoms with E-state index in [2.05, 4.69) is 15.0 Å². The maximum atomic E-state index is 13.7. The number of aromatic nitrogens is 4. The first-order chi connectivity index (χ1) is 14.1. The molecule has 0 fully saturated rings. The van der Waals surface area contributed by atoms with E-state index in [1.165, 1.54) is 0 Å². The molecule has 0 saturated heterocycles. The number of pyridine rings is 1. The minimum atomic E-state index is -6.01. The molecule has 0 unspecified atom stereocenters. The summed E-state index contributed by atoms with van der Waals surface area (Å²) in [7, 11) is -4.38. The Labute approximate surface area is 168 Å². The van der Waals surface area contributed by atoms with Crippen molar-refractivity contribution < 1.29 is 43.5 Å². The van der Waals surface area contributed by atoms with Crippen LogP contribution in [0.1, 0.15) is 18.2 Å². The summed E-state index contributed by atoms with van der Waals surface area (Å²) >= 11 is 0. The van der Waals surface area contributed by atoms with Gasteiger partial charge in [0.2, 0.25) is 0 Å². The van der Waals surface area contributed by atoms with Gasteiger partial charge in [0.1, 0.15) is 29.1 Å². The summed E-state index contributed by atoms with van der Waals surface area (Å²) < 4.78 is 130. The lowest BCUT2D eigenvalue weighted by Crippen LogP contribution is -2.34. The number of alkyl halides is 8. The van der Waals surface area contributed by atoms with Gasteiger partial charge < -0.3 is 0 Å². The molecule has 0 atom stereocenters. The number of hydrogen-bond donors (Lipinski definition) is 0. The molecule has 6 nitrogen and oxygen atoms in total. The van der Waals surface area contributed by atoms with Crippen LogP contribution in [0, 0.1) is 0 Å². The Balaban J connectivity index is 2.23. The van der Waals surface area contributed by atoms with Gasteiger partial charge in [-0.25, -0.2) is 18.4 Å². The van der Waals surface area contributed by atoms with E-state index in [-0.39, 0.29) is 23.6 Å². The molecule has 15 heteroatoms. The summed E-state index contributed by atoms with van der Waals surface area (Å²) in [5.41, 5.74) is -4.30. The highest BCUT2D eigenvalue weighted by Crippen LogP contribution is 2.44. The zero-order valence-electron chi connectivity index (χ0n) is 15.1. The fraction of sp³-hybridized carbons (Fsp3) is 0.312. The molecule has 3 heterocycles. The second-order valence-electron chi connectivity index (χ2n) is 6.21. The minimum absolute atomic E-state index is 0.137. The molecule has 3 rings (SSSR count). The molecular formula is C16H10F8N4O2S. The van der Waals surface area contributed by atoms with Crippen LogP contribution in [0.2, 0.25) is 0 Å². The molecule has 0 N–H and O–H groups in total. The Kier molecular flexibility index (Phi) is 5.23. The van der Waals surface area contributed by atoms with E-state index in [0.717, 1.165) is 23.8 Å². The summed E-state index contributed by atoms with van der Waals surface area (Å²) in [5.74, 6) is -6.06. The Morgan fingerprint density at radius 3 is 2.19 bits per heavy atom. The summed E-state index contributed by atoms with van der Waals surface area (Å²) in [6.45, 7) is 1.12. The van der Waals surface area contributed by atoms with Crippen molar-refractivity contribution in [3.8, 4) is 11.4 Å². The number of sulfone groups is 1. The zero-order chi connectivity index (χ0) is 23.4. The predicted molar refractivity (Wildman–Crippen MR) is 88.9 cm³/mol. The highest BCUT2D eigenvalue weighted by atomic mass is 32.2. The van der Waals surface area contributed by atoms with Crippen LogP contribution in [0.5, 0.6) is 0 Å². The van der Waals surface area contributed by atoms with Crippen molar-refractivity contribution in [3.63, 3.8) is 0 Å². The molecule has 31 heavy (non-hydrogen) atoms. The van der Waals surface area contributed by atoms with Crippen molar-refractivity contribution in [2.75, 3.05) is 5.75 Å². The third-order valence-corrected chi connectivity index (χ3v) is 5.91. The normalized spacial score (nSPS) is 13.7. The molecule has 3 aromatic rings. The second-order valence-corrected chi connectivity index (χ2v) is 8.46. The van der Waals surface area contributed by atoms with Gasteiger partial charge in [-0.2, -0.15) is 35.1 Å². The number of halogens is 8. The van der Waals surface area contributed by atoms with Crippen molar-refractivity contribution in [2.45, 2.75) is 30.1 Å². The van der Waals surface area contributed by atoms with Crippen LogP contribution >= 0.6 is 0 Å². The first-order valence-corrected chi connectivity index (χ1v) is 9.83. The molecule has 0 aliphatic heterocycles. The average molecular weight is 474 g/mol. The highest BCUT2D eigenvalue weighted by Gasteiger charge is 2.59. The van der Waals surface area contributed by atoms with Crippen molar-refractivity contribution in [1.29, 1.82) is 0 Å². The number of rotatable bonds is 4. The molecule has 168 valence electrons. The molecule has 0 amide bonds. The van der Waals surface area contributed by atoms with E-state index in [0.29, 0.717) is 6.07 Å². The predicted octanol–water partition coefficient (Wildman–Crippen LogP) is 4.26. The van der Waals surface area contributed by atoms with Crippen LogP contribution in [-0.2, 0) is 21.9 Å². The fourth-order valence-corrected chi connectivity index (χ4v) is 3.59. The van der Waals surface area contributed by atoms with Gasteiger partial charge in [-0.1, -0.05) is 6.92 Å². The number of nitrogens with zero attached hydrogens (tertiary/aromatic N) is 4. The summed E-state index contributed by atoms with van der Waals surface area (Å²) in [6.07, 6.45) is -8.92. The van der Waals surface area contributed by atoms with E-state index in [1.807, 2.05) is 0 Å². The van der Waals surface area contributed by atoms with Crippen LogP contribution in [0.15, 0.2) is 35.7 Å². The topological polar surface area (TPSA) is 77.2 Å². The standard InChI is InChI=1S/C16H10F8N4O2S/c1-2-31(29,30)10-3-8(14(17,18)16(22,23)24)5-25-13(10)9-6-28-7-26-11(15(19,20)21)4-12(28)27-9/h3-7H,2H2,1H3. The molecule has 0 bridgehead atoms. The highest BCUT2D eigenvalue weighted by molar-refractivity contribution is 7.91. The monoisotopic (exact) mass is 474 g/mol. The average Bonchev–Trinajstić information content (AvgIpc) is 3.09. The van der Waals surface area contributed by atoms with Crippen LogP contribution in [0.25, 0.3) is 17.0 Å². The lowest BCUT2D eigenvalue weighted by atomic mass is 10.1.